The zero-order valence-corrected chi connectivity index (χ0v) is 9.52. The first kappa shape index (κ1) is 14.6. The van der Waals surface area contributed by atoms with E-state index in [1.807, 2.05) is 0 Å². The molecule has 1 fully saturated rings. The Balaban J connectivity index is 2.82. The molecule has 0 spiro atoms. The van der Waals surface area contributed by atoms with Crippen LogP contribution in [0.5, 0.6) is 0 Å². The lowest BCUT2D eigenvalue weighted by Gasteiger charge is -2.37. The molecule has 4 N–H and O–H groups in total. The number of hydrogen-bond donors (Lipinski definition) is 4. The molecule has 1 aliphatic rings. The van der Waals surface area contributed by atoms with Crippen molar-refractivity contribution in [1.29, 1.82) is 0 Å². The number of carboxylic acids is 1. The Hall–Kier alpha value is -1.48. The standard InChI is InChI=1S/C10H14O8/c1-3(2)9(16)18-10-6(13)4(11)5(12)7(17-10)8(14)15/h4-7,10-13H,1H2,2H3,(H,14,15). The molecule has 5 unspecified atom stereocenters. The Morgan fingerprint density at radius 3 is 2.17 bits per heavy atom. The molecule has 102 valence electrons. The molecule has 1 rings (SSSR count). The van der Waals surface area contributed by atoms with Crippen molar-refractivity contribution in [3.8, 4) is 0 Å². The fourth-order valence-electron chi connectivity index (χ4n) is 1.36. The van der Waals surface area contributed by atoms with Crippen LogP contribution in [0.15, 0.2) is 12.2 Å². The first-order chi connectivity index (χ1) is 8.25. The minimum atomic E-state index is -1.82. The molecule has 0 aromatic heterocycles. The van der Waals surface area contributed by atoms with E-state index < -0.39 is 42.6 Å². The molecular weight excluding hydrogens is 248 g/mol. The number of carbonyl (C=O) groups excluding carboxylic acids is 1. The molecule has 1 aliphatic heterocycles. The van der Waals surface area contributed by atoms with Gasteiger partial charge < -0.3 is 29.9 Å². The van der Waals surface area contributed by atoms with Crippen molar-refractivity contribution in [2.75, 3.05) is 0 Å². The average Bonchev–Trinajstić information content (AvgIpc) is 2.29. The smallest absolute Gasteiger partial charge is 0.335 e. The maximum absolute atomic E-state index is 11.2. The minimum Gasteiger partial charge on any atom is -0.479 e. The monoisotopic (exact) mass is 262 g/mol. The zero-order valence-electron chi connectivity index (χ0n) is 9.52. The lowest BCUT2D eigenvalue weighted by atomic mass is 9.99. The van der Waals surface area contributed by atoms with Crippen molar-refractivity contribution in [2.45, 2.75) is 37.6 Å². The van der Waals surface area contributed by atoms with Crippen LogP contribution in [0.2, 0.25) is 0 Å². The normalized spacial score (nSPS) is 35.9. The molecule has 0 radical (unpaired) electrons. The number of aliphatic hydroxyl groups excluding tert-OH is 3. The van der Waals surface area contributed by atoms with Crippen LogP contribution in [0.3, 0.4) is 0 Å². The molecule has 18 heavy (non-hydrogen) atoms. The zero-order chi connectivity index (χ0) is 14.0. The summed E-state index contributed by atoms with van der Waals surface area (Å²) in [5.74, 6) is -2.46. The summed E-state index contributed by atoms with van der Waals surface area (Å²) in [6, 6.07) is 0. The Bertz CT molecular complexity index is 365. The van der Waals surface area contributed by atoms with Crippen molar-refractivity contribution in [2.24, 2.45) is 0 Å². The van der Waals surface area contributed by atoms with Gasteiger partial charge in [0.05, 0.1) is 0 Å². The van der Waals surface area contributed by atoms with E-state index in [0.717, 1.165) is 0 Å². The predicted molar refractivity (Wildman–Crippen MR) is 55.2 cm³/mol. The number of rotatable bonds is 3. The summed E-state index contributed by atoms with van der Waals surface area (Å²) < 4.78 is 9.34. The van der Waals surface area contributed by atoms with Crippen LogP contribution in [0.25, 0.3) is 0 Å². The highest BCUT2D eigenvalue weighted by molar-refractivity contribution is 5.87. The van der Waals surface area contributed by atoms with E-state index >= 15 is 0 Å². The second-order valence-electron chi connectivity index (χ2n) is 3.92. The number of aliphatic hydroxyl groups is 3. The lowest BCUT2D eigenvalue weighted by molar-refractivity contribution is -0.285. The number of carboxylic acid groups (broad SMARTS) is 1. The van der Waals surface area contributed by atoms with Gasteiger partial charge >= 0.3 is 11.9 Å². The summed E-state index contributed by atoms with van der Waals surface area (Å²) >= 11 is 0. The third-order valence-electron chi connectivity index (χ3n) is 2.38. The van der Waals surface area contributed by atoms with Gasteiger partial charge in [-0.05, 0) is 6.92 Å². The molecule has 5 atom stereocenters. The van der Waals surface area contributed by atoms with E-state index in [1.54, 1.807) is 0 Å². The summed E-state index contributed by atoms with van der Waals surface area (Å²) in [4.78, 5) is 22.0. The van der Waals surface area contributed by atoms with Crippen LogP contribution in [0, 0.1) is 0 Å². The first-order valence-corrected chi connectivity index (χ1v) is 5.04. The van der Waals surface area contributed by atoms with Gasteiger partial charge in [0, 0.05) is 5.57 Å². The Morgan fingerprint density at radius 1 is 1.17 bits per heavy atom. The van der Waals surface area contributed by atoms with Gasteiger partial charge in [0.2, 0.25) is 6.29 Å². The van der Waals surface area contributed by atoms with E-state index in [1.165, 1.54) is 6.92 Å². The highest BCUT2D eigenvalue weighted by Gasteiger charge is 2.48. The van der Waals surface area contributed by atoms with Crippen LogP contribution in [-0.4, -0.2) is 63.1 Å². The molecule has 0 amide bonds. The van der Waals surface area contributed by atoms with Crippen molar-refractivity contribution in [1.82, 2.24) is 0 Å². The summed E-state index contributed by atoms with van der Waals surface area (Å²) in [6.45, 7) is 4.64. The maximum Gasteiger partial charge on any atom is 0.335 e. The van der Waals surface area contributed by atoms with E-state index in [0.29, 0.717) is 0 Å². The Morgan fingerprint density at radius 2 is 1.72 bits per heavy atom. The van der Waals surface area contributed by atoms with Gasteiger partial charge in [0.15, 0.2) is 6.10 Å². The van der Waals surface area contributed by atoms with Crippen molar-refractivity contribution >= 4 is 11.9 Å². The second-order valence-corrected chi connectivity index (χ2v) is 3.92. The summed E-state index contributed by atoms with van der Waals surface area (Å²) in [7, 11) is 0. The largest absolute Gasteiger partial charge is 0.479 e. The molecule has 0 aromatic carbocycles. The molecule has 0 aliphatic carbocycles. The van der Waals surface area contributed by atoms with E-state index in [-0.39, 0.29) is 5.57 Å². The van der Waals surface area contributed by atoms with Gasteiger partial charge in [-0.1, -0.05) is 6.58 Å². The average molecular weight is 262 g/mol. The van der Waals surface area contributed by atoms with Gasteiger partial charge in [-0.3, -0.25) is 0 Å². The third-order valence-corrected chi connectivity index (χ3v) is 2.38. The van der Waals surface area contributed by atoms with Gasteiger partial charge in [0.25, 0.3) is 0 Å². The molecule has 8 heteroatoms. The van der Waals surface area contributed by atoms with Gasteiger partial charge in [-0.25, -0.2) is 9.59 Å². The number of carbonyl (C=O) groups is 2. The van der Waals surface area contributed by atoms with Crippen LogP contribution in [0.1, 0.15) is 6.92 Å². The first-order valence-electron chi connectivity index (χ1n) is 5.04. The van der Waals surface area contributed by atoms with Crippen LogP contribution in [0.4, 0.5) is 0 Å². The molecule has 1 heterocycles. The van der Waals surface area contributed by atoms with E-state index in [9.17, 15) is 24.9 Å². The van der Waals surface area contributed by atoms with Crippen molar-refractivity contribution in [3.05, 3.63) is 12.2 Å². The number of ether oxygens (including phenoxy) is 2. The molecule has 0 saturated carbocycles. The fraction of sp³-hybridized carbons (Fsp3) is 0.600. The highest BCUT2D eigenvalue weighted by Crippen LogP contribution is 2.22. The van der Waals surface area contributed by atoms with Crippen LogP contribution in [-0.2, 0) is 19.1 Å². The lowest BCUT2D eigenvalue weighted by Crippen LogP contribution is -2.60. The Kier molecular flexibility index (Phi) is 4.41. The van der Waals surface area contributed by atoms with Crippen LogP contribution >= 0.6 is 0 Å². The SMILES string of the molecule is C=C(C)C(=O)OC1OC(C(=O)O)C(O)C(O)C1O. The summed E-state index contributed by atoms with van der Waals surface area (Å²) in [5, 5.41) is 37.0. The number of hydrogen-bond acceptors (Lipinski definition) is 7. The van der Waals surface area contributed by atoms with Gasteiger partial charge in [-0.15, -0.1) is 0 Å². The molecule has 1 saturated heterocycles. The highest BCUT2D eigenvalue weighted by atomic mass is 16.7. The maximum atomic E-state index is 11.2. The van der Waals surface area contributed by atoms with Crippen molar-refractivity contribution < 1.29 is 39.5 Å². The second kappa shape index (κ2) is 5.44. The van der Waals surface area contributed by atoms with Gasteiger partial charge in [-0.2, -0.15) is 0 Å². The number of esters is 1. The summed E-state index contributed by atoms with van der Waals surface area (Å²) in [5.41, 5.74) is 0.0123. The fourth-order valence-corrected chi connectivity index (χ4v) is 1.36. The van der Waals surface area contributed by atoms with Crippen molar-refractivity contribution in [3.63, 3.8) is 0 Å². The van der Waals surface area contributed by atoms with Crippen LogP contribution < -0.4 is 0 Å². The summed E-state index contributed by atoms with van der Waals surface area (Å²) in [6.07, 6.45) is -8.86. The van der Waals surface area contributed by atoms with E-state index in [4.69, 9.17) is 9.84 Å². The molecule has 8 nitrogen and oxygen atoms in total. The topological polar surface area (TPSA) is 134 Å². The van der Waals surface area contributed by atoms with E-state index in [2.05, 4.69) is 11.3 Å². The van der Waals surface area contributed by atoms with Gasteiger partial charge in [0.1, 0.15) is 18.3 Å². The number of aliphatic carboxylic acids is 1. The Labute approximate surface area is 102 Å². The molecule has 0 aromatic rings. The molecule has 0 bridgehead atoms. The predicted octanol–water partition coefficient (Wildman–Crippen LogP) is -2.00. The quantitative estimate of drug-likeness (QED) is 0.339. The third kappa shape index (κ3) is 2.85. The minimum absolute atomic E-state index is 0.0123. The molecular formula is C10H14O8.